The molecular formula is C4H7BrClNO2S. The molecule has 0 aromatic rings. The van der Waals surface area contributed by atoms with Gasteiger partial charge in [0.2, 0.25) is 10.0 Å². The predicted octanol–water partition coefficient (Wildman–Crippen LogP) is 1.01. The first-order chi connectivity index (χ1) is 4.48. The third-order valence-electron chi connectivity index (χ3n) is 0.628. The molecule has 6 heteroatoms. The summed E-state index contributed by atoms with van der Waals surface area (Å²) in [5.41, 5.74) is 0. The van der Waals surface area contributed by atoms with E-state index in [1.807, 2.05) is 0 Å². The van der Waals surface area contributed by atoms with Crippen molar-refractivity contribution in [3.05, 3.63) is 11.6 Å². The van der Waals surface area contributed by atoms with E-state index < -0.39 is 10.0 Å². The zero-order chi connectivity index (χ0) is 8.20. The minimum absolute atomic E-state index is 0.0789. The largest absolute Gasteiger partial charge is 0.221 e. The molecule has 0 aliphatic rings. The van der Waals surface area contributed by atoms with Crippen LogP contribution < -0.4 is 4.72 Å². The molecule has 1 N–H and O–H groups in total. The van der Waals surface area contributed by atoms with Crippen LogP contribution in [0.15, 0.2) is 11.6 Å². The molecule has 0 radical (unpaired) electrons. The van der Waals surface area contributed by atoms with Crippen molar-refractivity contribution >= 4 is 37.6 Å². The molecule has 0 aliphatic carbocycles. The minimum atomic E-state index is -3.19. The van der Waals surface area contributed by atoms with Crippen LogP contribution in [0.3, 0.4) is 0 Å². The van der Waals surface area contributed by atoms with Gasteiger partial charge < -0.3 is 0 Å². The maximum atomic E-state index is 10.6. The highest BCUT2D eigenvalue weighted by Crippen LogP contribution is 1.96. The van der Waals surface area contributed by atoms with Crippen molar-refractivity contribution in [2.75, 3.05) is 11.2 Å². The van der Waals surface area contributed by atoms with Gasteiger partial charge in [0.15, 0.2) is 0 Å². The van der Waals surface area contributed by atoms with Crippen LogP contribution in [-0.4, -0.2) is 19.6 Å². The molecule has 60 valence electrons. The average molecular weight is 249 g/mol. The van der Waals surface area contributed by atoms with Crippen molar-refractivity contribution in [3.63, 3.8) is 0 Å². The van der Waals surface area contributed by atoms with E-state index in [9.17, 15) is 8.42 Å². The first-order valence-electron chi connectivity index (χ1n) is 2.34. The van der Waals surface area contributed by atoms with Gasteiger partial charge in [0.1, 0.15) is 4.66 Å². The maximum Gasteiger partial charge on any atom is 0.221 e. The van der Waals surface area contributed by atoms with Crippen LogP contribution in [0, 0.1) is 0 Å². The van der Waals surface area contributed by atoms with Gasteiger partial charge in [-0.1, -0.05) is 34.1 Å². The molecule has 0 rings (SSSR count). The normalized spacial score (nSPS) is 11.4. The monoisotopic (exact) mass is 247 g/mol. The van der Waals surface area contributed by atoms with Crippen LogP contribution in [-0.2, 0) is 10.0 Å². The Bertz CT molecular complexity index is 213. The predicted molar refractivity (Wildman–Crippen MR) is 45.7 cm³/mol. The van der Waals surface area contributed by atoms with Gasteiger partial charge in [0, 0.05) is 11.6 Å². The molecule has 0 aromatic heterocycles. The lowest BCUT2D eigenvalue weighted by molar-refractivity contribution is 0.590. The lowest BCUT2D eigenvalue weighted by Gasteiger charge is -1.99. The smallest absolute Gasteiger partial charge is 0.212 e. The zero-order valence-electron chi connectivity index (χ0n) is 5.10. The molecule has 0 unspecified atom stereocenters. The van der Waals surface area contributed by atoms with Crippen molar-refractivity contribution < 1.29 is 8.42 Å². The number of hydrogen-bond acceptors (Lipinski definition) is 2. The molecule has 0 saturated carbocycles. The second-order valence-electron chi connectivity index (χ2n) is 1.56. The topological polar surface area (TPSA) is 46.2 Å². The Kier molecular flexibility index (Phi) is 4.51. The summed E-state index contributed by atoms with van der Waals surface area (Å²) in [4.78, 5) is 0. The Hall–Kier alpha value is 0.420. The maximum absolute atomic E-state index is 10.6. The van der Waals surface area contributed by atoms with Gasteiger partial charge in [-0.3, -0.25) is 0 Å². The van der Waals surface area contributed by atoms with Crippen molar-refractivity contribution in [2.24, 2.45) is 0 Å². The summed E-state index contributed by atoms with van der Waals surface area (Å²) in [6.45, 7) is 3.39. The van der Waals surface area contributed by atoms with Gasteiger partial charge in [-0.15, -0.1) is 0 Å². The molecule has 0 amide bonds. The average Bonchev–Trinajstić information content (AvgIpc) is 1.85. The number of nitrogens with one attached hydrogen (secondary N) is 1. The highest BCUT2D eigenvalue weighted by molar-refractivity contribution is 9.10. The lowest BCUT2D eigenvalue weighted by Crippen LogP contribution is -2.25. The van der Waals surface area contributed by atoms with Crippen LogP contribution in [0.25, 0.3) is 0 Å². The molecule has 0 bridgehead atoms. The standard InChI is InChI=1S/C4H7BrClNO2S/c1-4(6)2-7-10(8,9)3-5/h7H,1-3H2. The Morgan fingerprint density at radius 1 is 1.70 bits per heavy atom. The van der Waals surface area contributed by atoms with Gasteiger partial charge in [-0.05, 0) is 0 Å². The fourth-order valence-electron chi connectivity index (χ4n) is 0.227. The first kappa shape index (κ1) is 10.4. The van der Waals surface area contributed by atoms with E-state index in [2.05, 4.69) is 27.2 Å². The molecule has 0 atom stereocenters. The third-order valence-corrected chi connectivity index (χ3v) is 3.44. The Morgan fingerprint density at radius 3 is 2.50 bits per heavy atom. The number of sulfonamides is 1. The van der Waals surface area contributed by atoms with E-state index in [1.165, 1.54) is 0 Å². The minimum Gasteiger partial charge on any atom is -0.212 e. The highest BCUT2D eigenvalue weighted by Gasteiger charge is 2.05. The van der Waals surface area contributed by atoms with Crippen LogP contribution in [0.5, 0.6) is 0 Å². The van der Waals surface area contributed by atoms with Crippen LogP contribution in [0.1, 0.15) is 0 Å². The summed E-state index contributed by atoms with van der Waals surface area (Å²) in [6, 6.07) is 0. The summed E-state index contributed by atoms with van der Waals surface area (Å²) < 4.78 is 23.4. The molecule has 0 aliphatic heterocycles. The van der Waals surface area contributed by atoms with E-state index >= 15 is 0 Å². The van der Waals surface area contributed by atoms with E-state index in [0.717, 1.165) is 0 Å². The molecule has 0 saturated heterocycles. The molecule has 0 aromatic carbocycles. The first-order valence-corrected chi connectivity index (χ1v) is 5.49. The lowest BCUT2D eigenvalue weighted by atomic mass is 10.7. The Balaban J connectivity index is 3.81. The molecule has 3 nitrogen and oxygen atoms in total. The molecule has 0 fully saturated rings. The van der Waals surface area contributed by atoms with E-state index in [4.69, 9.17) is 11.6 Å². The second kappa shape index (κ2) is 4.33. The number of halogens is 2. The summed E-state index contributed by atoms with van der Waals surface area (Å²) in [5, 5.41) is 0.268. The second-order valence-corrected chi connectivity index (χ2v) is 5.21. The van der Waals surface area contributed by atoms with Crippen molar-refractivity contribution in [3.8, 4) is 0 Å². The summed E-state index contributed by atoms with van der Waals surface area (Å²) in [6.07, 6.45) is 0. The number of alkyl halides is 1. The van der Waals surface area contributed by atoms with Crippen molar-refractivity contribution in [1.82, 2.24) is 4.72 Å². The van der Waals surface area contributed by atoms with Crippen molar-refractivity contribution in [2.45, 2.75) is 0 Å². The van der Waals surface area contributed by atoms with Gasteiger partial charge in [0.05, 0.1) is 0 Å². The van der Waals surface area contributed by atoms with Crippen LogP contribution in [0.2, 0.25) is 0 Å². The van der Waals surface area contributed by atoms with Crippen LogP contribution in [0.4, 0.5) is 0 Å². The van der Waals surface area contributed by atoms with E-state index in [0.29, 0.717) is 0 Å². The third kappa shape index (κ3) is 5.22. The van der Waals surface area contributed by atoms with Crippen LogP contribution >= 0.6 is 27.5 Å². The molecule has 10 heavy (non-hydrogen) atoms. The Labute approximate surface area is 73.6 Å². The van der Waals surface area contributed by atoms with Gasteiger partial charge >= 0.3 is 0 Å². The Morgan fingerprint density at radius 2 is 2.20 bits per heavy atom. The number of rotatable bonds is 4. The van der Waals surface area contributed by atoms with Gasteiger partial charge in [-0.25, -0.2) is 13.1 Å². The summed E-state index contributed by atoms with van der Waals surface area (Å²) >= 11 is 8.10. The van der Waals surface area contributed by atoms with E-state index in [-0.39, 0.29) is 16.2 Å². The van der Waals surface area contributed by atoms with Gasteiger partial charge in [0.25, 0.3) is 0 Å². The number of hydrogen-bond donors (Lipinski definition) is 1. The summed E-state index contributed by atoms with van der Waals surface area (Å²) in [5.74, 6) is 0. The highest BCUT2D eigenvalue weighted by atomic mass is 79.9. The SMILES string of the molecule is C=C(Cl)CNS(=O)(=O)CBr. The molecular weight excluding hydrogens is 241 g/mol. The fraction of sp³-hybridized carbons (Fsp3) is 0.500. The van der Waals surface area contributed by atoms with Crippen molar-refractivity contribution in [1.29, 1.82) is 0 Å². The zero-order valence-corrected chi connectivity index (χ0v) is 8.26. The van der Waals surface area contributed by atoms with E-state index in [1.54, 1.807) is 0 Å². The summed E-state index contributed by atoms with van der Waals surface area (Å²) in [7, 11) is -3.19. The fourth-order valence-corrected chi connectivity index (χ4v) is 1.33. The quantitative estimate of drug-likeness (QED) is 0.755. The molecule has 0 spiro atoms. The molecule has 0 heterocycles. The van der Waals surface area contributed by atoms with Gasteiger partial charge in [-0.2, -0.15) is 0 Å².